The summed E-state index contributed by atoms with van der Waals surface area (Å²) in [6, 6.07) is 9.49. The summed E-state index contributed by atoms with van der Waals surface area (Å²) in [5.74, 6) is 4.14. The lowest BCUT2D eigenvalue weighted by Crippen LogP contribution is -2.15. The van der Waals surface area contributed by atoms with Crippen molar-refractivity contribution >= 4 is 0 Å². The summed E-state index contributed by atoms with van der Waals surface area (Å²) in [7, 11) is 0. The third-order valence-corrected chi connectivity index (χ3v) is 4.58. The Hall–Kier alpha value is -0.780. The van der Waals surface area contributed by atoms with Gasteiger partial charge in [0.05, 0.1) is 0 Å². The smallest absolute Gasteiger partial charge is 0.0116 e. The van der Waals surface area contributed by atoms with E-state index < -0.39 is 0 Å². The molecule has 0 aliphatic rings. The van der Waals surface area contributed by atoms with Crippen LogP contribution in [0.25, 0.3) is 0 Å². The van der Waals surface area contributed by atoms with Gasteiger partial charge in [-0.3, -0.25) is 0 Å². The van der Waals surface area contributed by atoms with Crippen LogP contribution in [0.3, 0.4) is 0 Å². The van der Waals surface area contributed by atoms with Gasteiger partial charge in [0.1, 0.15) is 0 Å². The molecule has 0 atom stereocenters. The molecule has 0 radical (unpaired) electrons. The average Bonchev–Trinajstić information content (AvgIpc) is 2.29. The monoisotopic (exact) mass is 274 g/mol. The SMILES string of the molecule is CC(C)C(c1ccc(C(C(C)C)C(C)C)cc1)C(C)C. The molecule has 0 aliphatic heterocycles. The average molecular weight is 274 g/mol. The first-order valence-electron chi connectivity index (χ1n) is 8.35. The molecule has 0 aromatic heterocycles. The Bertz CT molecular complexity index is 326. The molecule has 1 aromatic rings. The predicted molar refractivity (Wildman–Crippen MR) is 91.3 cm³/mol. The van der Waals surface area contributed by atoms with E-state index >= 15 is 0 Å². The maximum atomic E-state index is 2.37. The van der Waals surface area contributed by atoms with Gasteiger partial charge < -0.3 is 0 Å². The Morgan fingerprint density at radius 3 is 0.800 bits per heavy atom. The normalized spacial score (nSPS) is 12.7. The van der Waals surface area contributed by atoms with Crippen molar-refractivity contribution in [3.8, 4) is 0 Å². The topological polar surface area (TPSA) is 0 Å². The molecule has 0 spiro atoms. The molecule has 0 amide bonds. The van der Waals surface area contributed by atoms with Crippen molar-refractivity contribution in [1.82, 2.24) is 0 Å². The Balaban J connectivity index is 3.03. The van der Waals surface area contributed by atoms with Crippen molar-refractivity contribution in [2.24, 2.45) is 23.7 Å². The largest absolute Gasteiger partial charge is 0.0622 e. The van der Waals surface area contributed by atoms with Crippen molar-refractivity contribution < 1.29 is 0 Å². The molecule has 1 aromatic carbocycles. The summed E-state index contributed by atoms with van der Waals surface area (Å²) in [6.45, 7) is 18.7. The molecule has 0 bridgehead atoms. The third-order valence-electron chi connectivity index (χ3n) is 4.58. The molecule has 0 saturated carbocycles. The molecule has 114 valence electrons. The van der Waals surface area contributed by atoms with Gasteiger partial charge in [-0.05, 0) is 46.6 Å². The summed E-state index contributed by atoms with van der Waals surface area (Å²) in [5, 5.41) is 0. The van der Waals surface area contributed by atoms with E-state index in [4.69, 9.17) is 0 Å². The Labute approximate surface area is 127 Å². The van der Waals surface area contributed by atoms with Crippen molar-refractivity contribution in [2.75, 3.05) is 0 Å². The molecule has 0 fully saturated rings. The molecule has 0 heterocycles. The lowest BCUT2D eigenvalue weighted by molar-refractivity contribution is 0.382. The molecule has 20 heavy (non-hydrogen) atoms. The van der Waals surface area contributed by atoms with Crippen LogP contribution in [0, 0.1) is 23.7 Å². The zero-order chi connectivity index (χ0) is 15.4. The van der Waals surface area contributed by atoms with Gasteiger partial charge in [-0.1, -0.05) is 79.7 Å². The molecule has 0 unspecified atom stereocenters. The lowest BCUT2D eigenvalue weighted by atomic mass is 9.77. The van der Waals surface area contributed by atoms with E-state index in [-0.39, 0.29) is 0 Å². The number of hydrogen-bond acceptors (Lipinski definition) is 0. The van der Waals surface area contributed by atoms with Crippen LogP contribution in [0.5, 0.6) is 0 Å². The highest BCUT2D eigenvalue weighted by Gasteiger charge is 2.22. The van der Waals surface area contributed by atoms with Gasteiger partial charge in [0.25, 0.3) is 0 Å². The fourth-order valence-corrected chi connectivity index (χ4v) is 4.02. The quantitative estimate of drug-likeness (QED) is 0.557. The Morgan fingerprint density at radius 2 is 0.650 bits per heavy atom. The maximum Gasteiger partial charge on any atom is -0.0116 e. The molecule has 1 rings (SSSR count). The second-order valence-electron chi connectivity index (χ2n) is 7.69. The van der Waals surface area contributed by atoms with Crippen LogP contribution in [0.4, 0.5) is 0 Å². The third kappa shape index (κ3) is 4.11. The first-order chi connectivity index (χ1) is 9.25. The highest BCUT2D eigenvalue weighted by molar-refractivity contribution is 5.29. The fourth-order valence-electron chi connectivity index (χ4n) is 4.02. The number of benzene rings is 1. The highest BCUT2D eigenvalue weighted by atomic mass is 14.3. The van der Waals surface area contributed by atoms with E-state index in [1.807, 2.05) is 0 Å². The van der Waals surface area contributed by atoms with E-state index in [9.17, 15) is 0 Å². The van der Waals surface area contributed by atoms with Crippen LogP contribution in [0.15, 0.2) is 24.3 Å². The van der Waals surface area contributed by atoms with Gasteiger partial charge >= 0.3 is 0 Å². The first-order valence-corrected chi connectivity index (χ1v) is 8.35. The summed E-state index contributed by atoms with van der Waals surface area (Å²) in [6.07, 6.45) is 0. The van der Waals surface area contributed by atoms with Crippen LogP contribution in [-0.4, -0.2) is 0 Å². The van der Waals surface area contributed by atoms with Crippen LogP contribution in [-0.2, 0) is 0 Å². The van der Waals surface area contributed by atoms with Gasteiger partial charge in [0.2, 0.25) is 0 Å². The standard InChI is InChI=1S/C20H34/c1-13(2)19(14(3)4)17-9-11-18(12-10-17)20(15(5)6)16(7)8/h9-16,19-20H,1-8H3. The Kier molecular flexibility index (Phi) is 6.30. The molecule has 0 nitrogen and oxygen atoms in total. The van der Waals surface area contributed by atoms with Gasteiger partial charge in [-0.15, -0.1) is 0 Å². The zero-order valence-electron chi connectivity index (χ0n) is 14.8. The second-order valence-corrected chi connectivity index (χ2v) is 7.69. The fraction of sp³-hybridized carbons (Fsp3) is 0.700. The minimum Gasteiger partial charge on any atom is -0.0622 e. The molecule has 0 heteroatoms. The predicted octanol–water partition coefficient (Wildman–Crippen LogP) is 6.48. The van der Waals surface area contributed by atoms with Crippen LogP contribution in [0.1, 0.15) is 78.4 Å². The summed E-state index contributed by atoms with van der Waals surface area (Å²) in [5.41, 5.74) is 3.01. The van der Waals surface area contributed by atoms with Crippen molar-refractivity contribution in [3.05, 3.63) is 35.4 Å². The van der Waals surface area contributed by atoms with Crippen LogP contribution >= 0.6 is 0 Å². The summed E-state index contributed by atoms with van der Waals surface area (Å²) < 4.78 is 0. The lowest BCUT2D eigenvalue weighted by Gasteiger charge is -2.28. The van der Waals surface area contributed by atoms with E-state index in [1.165, 1.54) is 11.1 Å². The van der Waals surface area contributed by atoms with Crippen molar-refractivity contribution in [2.45, 2.75) is 67.2 Å². The van der Waals surface area contributed by atoms with E-state index in [1.54, 1.807) is 0 Å². The first kappa shape index (κ1) is 17.3. The molecule has 0 saturated heterocycles. The number of hydrogen-bond donors (Lipinski definition) is 0. The summed E-state index contributed by atoms with van der Waals surface area (Å²) in [4.78, 5) is 0. The van der Waals surface area contributed by atoms with E-state index in [0.717, 1.165) is 0 Å². The zero-order valence-corrected chi connectivity index (χ0v) is 14.8. The van der Waals surface area contributed by atoms with Crippen molar-refractivity contribution in [3.63, 3.8) is 0 Å². The van der Waals surface area contributed by atoms with Gasteiger partial charge in [-0.25, -0.2) is 0 Å². The minimum absolute atomic E-state index is 0.667. The van der Waals surface area contributed by atoms with Crippen molar-refractivity contribution in [1.29, 1.82) is 0 Å². The van der Waals surface area contributed by atoms with Gasteiger partial charge in [0, 0.05) is 0 Å². The molecule has 0 N–H and O–H groups in total. The van der Waals surface area contributed by atoms with Crippen LogP contribution < -0.4 is 0 Å². The highest BCUT2D eigenvalue weighted by Crippen LogP contribution is 2.35. The van der Waals surface area contributed by atoms with E-state index in [0.29, 0.717) is 35.5 Å². The van der Waals surface area contributed by atoms with E-state index in [2.05, 4.69) is 79.7 Å². The Morgan fingerprint density at radius 1 is 0.450 bits per heavy atom. The van der Waals surface area contributed by atoms with Gasteiger partial charge in [-0.2, -0.15) is 0 Å². The van der Waals surface area contributed by atoms with Gasteiger partial charge in [0.15, 0.2) is 0 Å². The molecular weight excluding hydrogens is 240 g/mol. The maximum absolute atomic E-state index is 2.37. The van der Waals surface area contributed by atoms with Crippen LogP contribution in [0.2, 0.25) is 0 Å². The summed E-state index contributed by atoms with van der Waals surface area (Å²) >= 11 is 0. The molecular formula is C20H34. The number of rotatable bonds is 6. The molecule has 0 aliphatic carbocycles. The minimum atomic E-state index is 0.667. The second kappa shape index (κ2) is 7.29.